The first kappa shape index (κ1) is 13.7. The SMILES string of the molecule is COc1cccc(N2CC(C(=O)NCC3CC3)NC2=O)c1. The summed E-state index contributed by atoms with van der Waals surface area (Å²) in [5, 5.41) is 5.61. The van der Waals surface area contributed by atoms with Crippen molar-refractivity contribution >= 4 is 17.6 Å². The lowest BCUT2D eigenvalue weighted by Crippen LogP contribution is -2.43. The minimum Gasteiger partial charge on any atom is -0.497 e. The predicted molar refractivity (Wildman–Crippen MR) is 78.4 cm³/mol. The topological polar surface area (TPSA) is 70.7 Å². The van der Waals surface area contributed by atoms with E-state index in [4.69, 9.17) is 4.74 Å². The molecule has 0 bridgehead atoms. The summed E-state index contributed by atoms with van der Waals surface area (Å²) in [7, 11) is 1.58. The number of methoxy groups -OCH3 is 1. The Labute approximate surface area is 123 Å². The largest absolute Gasteiger partial charge is 0.497 e. The molecular weight excluding hydrogens is 270 g/mol. The van der Waals surface area contributed by atoms with Crippen LogP contribution in [0.3, 0.4) is 0 Å². The van der Waals surface area contributed by atoms with Crippen molar-refractivity contribution in [3.05, 3.63) is 24.3 Å². The third-order valence-corrected chi connectivity index (χ3v) is 3.85. The summed E-state index contributed by atoms with van der Waals surface area (Å²) < 4.78 is 5.16. The van der Waals surface area contributed by atoms with Gasteiger partial charge in [0.1, 0.15) is 11.8 Å². The van der Waals surface area contributed by atoms with Crippen LogP contribution in [0.4, 0.5) is 10.5 Å². The molecule has 2 aliphatic rings. The van der Waals surface area contributed by atoms with Crippen molar-refractivity contribution in [2.45, 2.75) is 18.9 Å². The van der Waals surface area contributed by atoms with E-state index in [0.29, 0.717) is 24.8 Å². The van der Waals surface area contributed by atoms with Gasteiger partial charge in [0.15, 0.2) is 0 Å². The molecule has 1 saturated heterocycles. The Bertz CT molecular complexity index is 557. The molecule has 6 heteroatoms. The number of ether oxygens (including phenoxy) is 1. The number of carbonyl (C=O) groups is 2. The first-order valence-electron chi connectivity index (χ1n) is 7.17. The summed E-state index contributed by atoms with van der Waals surface area (Å²) in [6.45, 7) is 1.05. The van der Waals surface area contributed by atoms with Crippen molar-refractivity contribution in [1.82, 2.24) is 10.6 Å². The molecule has 1 atom stereocenters. The summed E-state index contributed by atoms with van der Waals surface area (Å²) in [5.41, 5.74) is 0.726. The average Bonchev–Trinajstić information content (AvgIpc) is 3.25. The van der Waals surface area contributed by atoms with Crippen LogP contribution in [0.2, 0.25) is 0 Å². The van der Waals surface area contributed by atoms with Crippen molar-refractivity contribution in [2.24, 2.45) is 5.92 Å². The predicted octanol–water partition coefficient (Wildman–Crippen LogP) is 1.12. The van der Waals surface area contributed by atoms with Crippen LogP contribution in [0.25, 0.3) is 0 Å². The Morgan fingerprint density at radius 1 is 1.48 bits per heavy atom. The van der Waals surface area contributed by atoms with Gasteiger partial charge >= 0.3 is 6.03 Å². The molecule has 1 unspecified atom stereocenters. The van der Waals surface area contributed by atoms with E-state index in [2.05, 4.69) is 10.6 Å². The monoisotopic (exact) mass is 289 g/mol. The number of rotatable bonds is 5. The summed E-state index contributed by atoms with van der Waals surface area (Å²) in [5.74, 6) is 1.20. The van der Waals surface area contributed by atoms with Crippen LogP contribution in [0.1, 0.15) is 12.8 Å². The van der Waals surface area contributed by atoms with Crippen molar-refractivity contribution in [3.63, 3.8) is 0 Å². The van der Waals surface area contributed by atoms with Crippen LogP contribution in [0.15, 0.2) is 24.3 Å². The number of hydrogen-bond donors (Lipinski definition) is 2. The molecule has 1 saturated carbocycles. The van der Waals surface area contributed by atoms with Gasteiger partial charge in [-0.2, -0.15) is 0 Å². The molecule has 1 aliphatic carbocycles. The maximum absolute atomic E-state index is 12.0. The van der Waals surface area contributed by atoms with Crippen LogP contribution < -0.4 is 20.3 Å². The van der Waals surface area contributed by atoms with Gasteiger partial charge in [-0.15, -0.1) is 0 Å². The van der Waals surface area contributed by atoms with Gasteiger partial charge in [-0.3, -0.25) is 9.69 Å². The van der Waals surface area contributed by atoms with Crippen molar-refractivity contribution in [3.8, 4) is 5.75 Å². The number of amides is 3. The summed E-state index contributed by atoms with van der Waals surface area (Å²) in [6.07, 6.45) is 2.38. The van der Waals surface area contributed by atoms with Crippen molar-refractivity contribution < 1.29 is 14.3 Å². The average molecular weight is 289 g/mol. The Balaban J connectivity index is 1.64. The quantitative estimate of drug-likeness (QED) is 0.853. The summed E-state index contributed by atoms with van der Waals surface area (Å²) >= 11 is 0. The first-order chi connectivity index (χ1) is 10.2. The second-order valence-electron chi connectivity index (χ2n) is 5.50. The summed E-state index contributed by atoms with van der Waals surface area (Å²) in [4.78, 5) is 25.6. The molecule has 1 heterocycles. The molecule has 6 nitrogen and oxygen atoms in total. The lowest BCUT2D eigenvalue weighted by atomic mass is 10.2. The molecular formula is C15H19N3O3. The van der Waals surface area contributed by atoms with Gasteiger partial charge in [0.25, 0.3) is 0 Å². The van der Waals surface area contributed by atoms with E-state index in [-0.39, 0.29) is 11.9 Å². The van der Waals surface area contributed by atoms with E-state index < -0.39 is 6.04 Å². The number of anilines is 1. The van der Waals surface area contributed by atoms with Gasteiger partial charge < -0.3 is 15.4 Å². The van der Waals surface area contributed by atoms with E-state index in [1.165, 1.54) is 12.8 Å². The Morgan fingerprint density at radius 2 is 2.29 bits per heavy atom. The minimum absolute atomic E-state index is 0.111. The first-order valence-corrected chi connectivity index (χ1v) is 7.17. The second-order valence-corrected chi connectivity index (χ2v) is 5.50. The highest BCUT2D eigenvalue weighted by atomic mass is 16.5. The van der Waals surface area contributed by atoms with Crippen LogP contribution in [-0.4, -0.2) is 38.2 Å². The molecule has 1 aromatic rings. The highest BCUT2D eigenvalue weighted by Crippen LogP contribution is 2.27. The fourth-order valence-corrected chi connectivity index (χ4v) is 2.38. The van der Waals surface area contributed by atoms with E-state index in [0.717, 1.165) is 5.69 Å². The van der Waals surface area contributed by atoms with Crippen LogP contribution in [0.5, 0.6) is 5.75 Å². The number of benzene rings is 1. The van der Waals surface area contributed by atoms with E-state index >= 15 is 0 Å². The fourth-order valence-electron chi connectivity index (χ4n) is 2.38. The van der Waals surface area contributed by atoms with Gasteiger partial charge in [0.2, 0.25) is 5.91 Å². The van der Waals surface area contributed by atoms with E-state index in [1.54, 1.807) is 18.1 Å². The standard InChI is InChI=1S/C15H19N3O3/c1-21-12-4-2-3-11(7-12)18-9-13(17-15(18)20)14(19)16-8-10-5-6-10/h2-4,7,10,13H,5-6,8-9H2,1H3,(H,16,19)(H,17,20). The minimum atomic E-state index is -0.498. The highest BCUT2D eigenvalue weighted by molar-refractivity contribution is 6.00. The second kappa shape index (κ2) is 5.63. The molecule has 1 aliphatic heterocycles. The van der Waals surface area contributed by atoms with Gasteiger partial charge in [-0.25, -0.2) is 4.79 Å². The number of urea groups is 1. The zero-order valence-electron chi connectivity index (χ0n) is 12.0. The molecule has 3 amide bonds. The lowest BCUT2D eigenvalue weighted by Gasteiger charge is -2.15. The number of nitrogens with zero attached hydrogens (tertiary/aromatic N) is 1. The Kier molecular flexibility index (Phi) is 3.68. The number of nitrogens with one attached hydrogen (secondary N) is 2. The van der Waals surface area contributed by atoms with Crippen LogP contribution >= 0.6 is 0 Å². The zero-order chi connectivity index (χ0) is 14.8. The third-order valence-electron chi connectivity index (χ3n) is 3.85. The van der Waals surface area contributed by atoms with Crippen molar-refractivity contribution in [2.75, 3.05) is 25.1 Å². The van der Waals surface area contributed by atoms with Crippen LogP contribution in [0, 0.1) is 5.92 Å². The maximum atomic E-state index is 12.0. The van der Waals surface area contributed by atoms with Gasteiger partial charge in [0.05, 0.1) is 13.7 Å². The molecule has 112 valence electrons. The molecule has 0 spiro atoms. The van der Waals surface area contributed by atoms with Gasteiger partial charge in [0, 0.05) is 18.3 Å². The number of hydrogen-bond acceptors (Lipinski definition) is 3. The molecule has 2 N–H and O–H groups in total. The van der Waals surface area contributed by atoms with Crippen molar-refractivity contribution in [1.29, 1.82) is 0 Å². The molecule has 21 heavy (non-hydrogen) atoms. The normalized spacial score (nSPS) is 21.1. The van der Waals surface area contributed by atoms with Gasteiger partial charge in [-0.1, -0.05) is 6.07 Å². The van der Waals surface area contributed by atoms with E-state index in [1.807, 2.05) is 18.2 Å². The molecule has 3 rings (SSSR count). The third kappa shape index (κ3) is 3.09. The zero-order valence-corrected chi connectivity index (χ0v) is 12.0. The lowest BCUT2D eigenvalue weighted by molar-refractivity contribution is -0.122. The summed E-state index contributed by atoms with van der Waals surface area (Å²) in [6, 6.07) is 6.49. The number of carbonyl (C=O) groups excluding carboxylic acids is 2. The molecule has 0 radical (unpaired) electrons. The maximum Gasteiger partial charge on any atom is 0.322 e. The fraction of sp³-hybridized carbons (Fsp3) is 0.467. The highest BCUT2D eigenvalue weighted by Gasteiger charge is 2.35. The van der Waals surface area contributed by atoms with E-state index in [9.17, 15) is 9.59 Å². The molecule has 0 aromatic heterocycles. The van der Waals surface area contributed by atoms with Crippen LogP contribution in [-0.2, 0) is 4.79 Å². The Hall–Kier alpha value is -2.24. The smallest absolute Gasteiger partial charge is 0.322 e. The molecule has 2 fully saturated rings. The Morgan fingerprint density at radius 3 is 3.00 bits per heavy atom. The molecule has 1 aromatic carbocycles. The van der Waals surface area contributed by atoms with Gasteiger partial charge in [-0.05, 0) is 30.9 Å².